The Kier molecular flexibility index (Phi) is 4.71. The molecule has 6 aromatic carbocycles. The molecule has 53 heavy (non-hydrogen) atoms. The quantitative estimate of drug-likeness (QED) is 0.182. The van der Waals surface area contributed by atoms with Crippen molar-refractivity contribution in [3.63, 3.8) is 0 Å². The van der Waals surface area contributed by atoms with Gasteiger partial charge < -0.3 is 4.74 Å². The Balaban J connectivity index is 1.31. The number of fused-ring (bicyclic) bond motifs is 10. The van der Waals surface area contributed by atoms with E-state index in [-0.39, 0.29) is 36.8 Å². The Morgan fingerprint density at radius 2 is 0.868 bits per heavy atom. The molecule has 0 unspecified atom stereocenters. The number of rotatable bonds is 3. The summed E-state index contributed by atoms with van der Waals surface area (Å²) in [6.07, 6.45) is 0. The maximum atomic E-state index is 8.84. The molecule has 1 aliphatic heterocycles. The van der Waals surface area contributed by atoms with Gasteiger partial charge in [-0.15, -0.1) is 0 Å². The smallest absolute Gasteiger partial charge is 0.240 e. The van der Waals surface area contributed by atoms with E-state index < -0.39 is 83.2 Å². The van der Waals surface area contributed by atoms with Crippen molar-refractivity contribution in [2.45, 2.75) is 13.2 Å². The van der Waals surface area contributed by atoms with Gasteiger partial charge in [-0.2, -0.15) is 15.0 Å². The first-order valence-corrected chi connectivity index (χ1v) is 16.7. The molecule has 250 valence electrons. The van der Waals surface area contributed by atoms with Crippen LogP contribution < -0.4 is 0 Å². The second-order valence-electron chi connectivity index (χ2n) is 12.4. The van der Waals surface area contributed by atoms with E-state index in [9.17, 15) is 0 Å². The van der Waals surface area contributed by atoms with Gasteiger partial charge in [0, 0.05) is 43.8 Å². The molecular weight excluding hydrogens is 657 g/mol. The summed E-state index contributed by atoms with van der Waals surface area (Å²) >= 11 is 0. The molecule has 11 rings (SSSR count). The maximum Gasteiger partial charge on any atom is 0.240 e. The van der Waals surface area contributed by atoms with Gasteiger partial charge in [-0.3, -0.25) is 9.13 Å². The highest BCUT2D eigenvalue weighted by Gasteiger charge is 2.25. The molecule has 0 amide bonds. The van der Waals surface area contributed by atoms with E-state index in [1.54, 1.807) is 0 Å². The highest BCUT2D eigenvalue weighted by Crippen LogP contribution is 2.37. The normalized spacial score (nSPS) is 15.3. The van der Waals surface area contributed by atoms with Crippen molar-refractivity contribution >= 4 is 43.6 Å². The number of hydrogen-bond donors (Lipinski definition) is 0. The van der Waals surface area contributed by atoms with Crippen LogP contribution in [0.4, 0.5) is 0 Å². The van der Waals surface area contributed by atoms with Crippen molar-refractivity contribution in [2.24, 2.45) is 0 Å². The molecule has 0 spiro atoms. The molecule has 2 bridgehead atoms. The summed E-state index contributed by atoms with van der Waals surface area (Å²) in [5.41, 5.74) is 3.96. The standard InChI is InChI=1S/C44H28N8O/c1-3-13-27(14-4-1)39-45-40(28-15-5-2-6-16-28)47-41(46-39)42-48-43-50-44(49-42)52-36-24-10-8-20-32(36)34-22-12-18-30(38(34)52)26-53-25-29-17-11-21-33-31-19-7-9-23-35(31)51(43)37(29)33/h1-24H,25-26H2/i1D,2D,3D,4D,5D,6D,13D,14D,15D,16D. The predicted octanol–water partition coefficient (Wildman–Crippen LogP) is 9.28. The van der Waals surface area contributed by atoms with Crippen LogP contribution in [0, 0.1) is 0 Å². The topological polar surface area (TPSA) is 96.4 Å². The zero-order valence-corrected chi connectivity index (χ0v) is 27.5. The highest BCUT2D eigenvalue weighted by atomic mass is 16.5. The van der Waals surface area contributed by atoms with Gasteiger partial charge in [0.15, 0.2) is 11.6 Å². The molecule has 0 saturated carbocycles. The molecule has 10 aromatic rings. The van der Waals surface area contributed by atoms with Gasteiger partial charge in [0.1, 0.15) is 0 Å². The zero-order chi connectivity index (χ0) is 43.6. The molecule has 0 aliphatic carbocycles. The van der Waals surface area contributed by atoms with Crippen molar-refractivity contribution in [3.8, 4) is 46.3 Å². The van der Waals surface area contributed by atoms with Crippen molar-refractivity contribution in [1.82, 2.24) is 39.0 Å². The molecule has 1 aliphatic rings. The zero-order valence-electron chi connectivity index (χ0n) is 37.5. The van der Waals surface area contributed by atoms with E-state index in [1.807, 2.05) is 94.1 Å². The van der Waals surface area contributed by atoms with Crippen LogP contribution in [0.1, 0.15) is 24.8 Å². The van der Waals surface area contributed by atoms with Crippen molar-refractivity contribution < 1.29 is 18.4 Å². The number of para-hydroxylation sites is 4. The molecule has 5 heterocycles. The molecule has 0 saturated heterocycles. The number of ether oxygens (including phenoxy) is 1. The monoisotopic (exact) mass is 694 g/mol. The average Bonchev–Trinajstić information content (AvgIpc) is 3.83. The number of hydrogen-bond acceptors (Lipinski definition) is 7. The minimum atomic E-state index is -0.656. The van der Waals surface area contributed by atoms with E-state index in [0.717, 1.165) is 54.7 Å². The van der Waals surface area contributed by atoms with Gasteiger partial charge in [0.2, 0.25) is 23.5 Å². The van der Waals surface area contributed by atoms with Crippen LogP contribution in [-0.2, 0) is 18.0 Å². The molecule has 0 atom stereocenters. The van der Waals surface area contributed by atoms with Gasteiger partial charge in [0.05, 0.1) is 49.0 Å². The van der Waals surface area contributed by atoms with Gasteiger partial charge in [-0.05, 0) is 12.1 Å². The van der Waals surface area contributed by atoms with Crippen LogP contribution in [0.15, 0.2) is 145 Å². The van der Waals surface area contributed by atoms with Crippen LogP contribution in [0.5, 0.6) is 0 Å². The van der Waals surface area contributed by atoms with Crippen LogP contribution in [0.3, 0.4) is 0 Å². The fraction of sp³-hybridized carbons (Fsp3) is 0.0455. The lowest BCUT2D eigenvalue weighted by atomic mass is 10.1. The Labute approximate surface area is 316 Å². The lowest BCUT2D eigenvalue weighted by molar-refractivity contribution is 0.108. The maximum absolute atomic E-state index is 8.84. The second kappa shape index (κ2) is 11.7. The fourth-order valence-corrected chi connectivity index (χ4v) is 7.18. The van der Waals surface area contributed by atoms with Crippen LogP contribution >= 0.6 is 0 Å². The molecular formula is C44H28N8O. The van der Waals surface area contributed by atoms with Crippen LogP contribution in [-0.4, -0.2) is 39.0 Å². The van der Waals surface area contributed by atoms with Gasteiger partial charge in [0.25, 0.3) is 0 Å². The first-order chi connectivity index (χ1) is 30.4. The lowest BCUT2D eigenvalue weighted by Crippen LogP contribution is -2.13. The van der Waals surface area contributed by atoms with Crippen molar-refractivity contribution in [3.05, 3.63) is 156 Å². The third-order valence-corrected chi connectivity index (χ3v) is 9.37. The molecule has 0 fully saturated rings. The number of nitrogens with zero attached hydrogens (tertiary/aromatic N) is 8. The molecule has 9 heteroatoms. The minimum absolute atomic E-state index is 0.145. The third kappa shape index (κ3) is 4.68. The molecule has 9 nitrogen and oxygen atoms in total. The minimum Gasteiger partial charge on any atom is -0.372 e. The summed E-state index contributed by atoms with van der Waals surface area (Å²) in [7, 11) is 0. The van der Waals surface area contributed by atoms with Crippen LogP contribution in [0.25, 0.3) is 89.9 Å². The fourth-order valence-electron chi connectivity index (χ4n) is 7.18. The van der Waals surface area contributed by atoms with Crippen LogP contribution in [0.2, 0.25) is 0 Å². The van der Waals surface area contributed by atoms with Gasteiger partial charge >= 0.3 is 0 Å². The number of aromatic nitrogens is 8. The third-order valence-electron chi connectivity index (χ3n) is 9.37. The van der Waals surface area contributed by atoms with Gasteiger partial charge in [-0.25, -0.2) is 15.0 Å². The largest absolute Gasteiger partial charge is 0.372 e. The SMILES string of the molecule is [2H]c1c([2H])c([2H])c(-c2nc(-c3nc4nc(n3)-n3c5ccccc5c5cccc(c53)COCc3cccc5c6ccccc6n-4c35)nc(-c3c([2H])c([2H])c([2H])c([2H])c3[2H])n2)c([2H])c1[2H]. The Morgan fingerprint density at radius 3 is 1.38 bits per heavy atom. The summed E-state index contributed by atoms with van der Waals surface area (Å²) in [6.45, 7) is 0.483. The highest BCUT2D eigenvalue weighted by molar-refractivity contribution is 6.11. The molecule has 0 radical (unpaired) electrons. The summed E-state index contributed by atoms with van der Waals surface area (Å²) in [5, 5.41) is 3.65. The van der Waals surface area contributed by atoms with E-state index in [1.165, 1.54) is 0 Å². The second-order valence-corrected chi connectivity index (χ2v) is 12.4. The molecule has 0 N–H and O–H groups in total. The Morgan fingerprint density at radius 1 is 0.434 bits per heavy atom. The average molecular weight is 695 g/mol. The summed E-state index contributed by atoms with van der Waals surface area (Å²) < 4.78 is 95.9. The Bertz CT molecular complexity index is 3360. The van der Waals surface area contributed by atoms with E-state index in [4.69, 9.17) is 33.4 Å². The summed E-state index contributed by atoms with van der Waals surface area (Å²) in [6, 6.07) is 21.1. The predicted molar refractivity (Wildman–Crippen MR) is 207 cm³/mol. The molecule has 4 aromatic heterocycles. The van der Waals surface area contributed by atoms with E-state index in [0.29, 0.717) is 0 Å². The Hall–Kier alpha value is -7.10. The first-order valence-electron chi connectivity index (χ1n) is 21.7. The van der Waals surface area contributed by atoms with E-state index >= 15 is 0 Å². The number of benzene rings is 6. The summed E-state index contributed by atoms with van der Waals surface area (Å²) in [5.74, 6) is -1.03. The van der Waals surface area contributed by atoms with Crippen molar-refractivity contribution in [2.75, 3.05) is 0 Å². The van der Waals surface area contributed by atoms with Gasteiger partial charge in [-0.1, -0.05) is 133 Å². The van der Waals surface area contributed by atoms with Crippen molar-refractivity contribution in [1.29, 1.82) is 0 Å². The lowest BCUT2D eigenvalue weighted by Gasteiger charge is -2.16. The van der Waals surface area contributed by atoms with E-state index in [2.05, 4.69) is 15.0 Å². The first kappa shape index (κ1) is 21.3. The summed E-state index contributed by atoms with van der Waals surface area (Å²) in [4.78, 5) is 29.1.